The largest absolute Gasteiger partial charge is 0.337 e. The molecule has 2 rings (SSSR count). The molecule has 106 valence electrons. The molecule has 0 atom stereocenters. The van der Waals surface area contributed by atoms with Gasteiger partial charge in [-0.05, 0) is 24.3 Å². The lowest BCUT2D eigenvalue weighted by molar-refractivity contribution is 0.197. The van der Waals surface area contributed by atoms with Crippen LogP contribution in [0.4, 0.5) is 4.79 Å². The highest BCUT2D eigenvalue weighted by Gasteiger charge is 2.24. The monoisotopic (exact) mass is 280 g/mol. The van der Waals surface area contributed by atoms with Crippen LogP contribution in [-0.2, 0) is 5.41 Å². The Kier molecular flexibility index (Phi) is 4.86. The highest BCUT2D eigenvalue weighted by Crippen LogP contribution is 2.26. The summed E-state index contributed by atoms with van der Waals surface area (Å²) in [6, 6.07) is 4.31. The third-order valence-corrected chi connectivity index (χ3v) is 5.00. The van der Waals surface area contributed by atoms with Crippen LogP contribution >= 0.6 is 11.3 Å². The molecular formula is C15H24N2OS. The first-order chi connectivity index (χ1) is 9.09. The van der Waals surface area contributed by atoms with Crippen LogP contribution in [0.15, 0.2) is 17.5 Å². The second-order valence-corrected chi connectivity index (χ2v) is 6.87. The molecule has 3 nitrogen and oxygen atoms in total. The van der Waals surface area contributed by atoms with Gasteiger partial charge in [-0.2, -0.15) is 0 Å². The molecule has 19 heavy (non-hydrogen) atoms. The molecule has 1 fully saturated rings. The maximum absolute atomic E-state index is 12.2. The highest BCUT2D eigenvalue weighted by atomic mass is 32.1. The summed E-state index contributed by atoms with van der Waals surface area (Å²) in [5.74, 6) is 0. The third kappa shape index (κ3) is 3.96. The quantitative estimate of drug-likeness (QED) is 0.901. The van der Waals surface area contributed by atoms with E-state index in [4.69, 9.17) is 0 Å². The van der Waals surface area contributed by atoms with Crippen LogP contribution in [0.1, 0.15) is 44.4 Å². The van der Waals surface area contributed by atoms with Crippen LogP contribution in [0, 0.1) is 0 Å². The first-order valence-corrected chi connectivity index (χ1v) is 8.04. The number of urea groups is 1. The van der Waals surface area contributed by atoms with E-state index in [9.17, 15) is 4.79 Å². The number of hydrogen-bond acceptors (Lipinski definition) is 2. The van der Waals surface area contributed by atoms with Crippen molar-refractivity contribution < 1.29 is 4.79 Å². The van der Waals surface area contributed by atoms with Crippen LogP contribution < -0.4 is 5.32 Å². The van der Waals surface area contributed by atoms with E-state index in [2.05, 4.69) is 36.7 Å². The van der Waals surface area contributed by atoms with E-state index in [-0.39, 0.29) is 11.4 Å². The first kappa shape index (κ1) is 14.4. The fourth-order valence-electron chi connectivity index (χ4n) is 2.43. The lowest BCUT2D eigenvalue weighted by Crippen LogP contribution is -2.44. The second-order valence-electron chi connectivity index (χ2n) is 5.92. The van der Waals surface area contributed by atoms with E-state index < -0.39 is 0 Å². The fourth-order valence-corrected chi connectivity index (χ4v) is 3.29. The summed E-state index contributed by atoms with van der Waals surface area (Å²) in [6.07, 6.45) is 4.79. The van der Waals surface area contributed by atoms with Gasteiger partial charge in [-0.15, -0.1) is 11.3 Å². The number of carbonyl (C=O) groups excluding carboxylic acids is 1. The number of thiophene rings is 1. The van der Waals surface area contributed by atoms with E-state index in [1.165, 1.54) is 17.7 Å². The number of carbonyl (C=O) groups is 1. The van der Waals surface area contributed by atoms with Gasteiger partial charge in [-0.3, -0.25) is 0 Å². The lowest BCUT2D eigenvalue weighted by atomic mass is 9.91. The summed E-state index contributed by atoms with van der Waals surface area (Å²) < 4.78 is 0. The van der Waals surface area contributed by atoms with Crippen LogP contribution in [0.5, 0.6) is 0 Å². The van der Waals surface area contributed by atoms with Gasteiger partial charge in [0.15, 0.2) is 0 Å². The number of nitrogens with one attached hydrogen (secondary N) is 1. The standard InChI is InChI=1S/C15H24N2OS/c1-15(2,13-8-7-11-19-13)12-16-14(18)17-9-5-3-4-6-10-17/h7-8,11H,3-6,9-10,12H2,1-2H3,(H,16,18). The predicted molar refractivity (Wildman–Crippen MR) is 80.8 cm³/mol. The molecule has 1 aromatic heterocycles. The van der Waals surface area contributed by atoms with Gasteiger partial charge < -0.3 is 10.2 Å². The molecule has 2 amide bonds. The van der Waals surface area contributed by atoms with Crippen molar-refractivity contribution in [3.8, 4) is 0 Å². The van der Waals surface area contributed by atoms with Crippen LogP contribution in [0.2, 0.25) is 0 Å². The predicted octanol–water partition coefficient (Wildman–Crippen LogP) is 3.61. The minimum Gasteiger partial charge on any atom is -0.337 e. The Labute approximate surface area is 120 Å². The summed E-state index contributed by atoms with van der Waals surface area (Å²) >= 11 is 1.76. The molecule has 1 aliphatic heterocycles. The van der Waals surface area contributed by atoms with Gasteiger partial charge in [0.25, 0.3) is 0 Å². The Morgan fingerprint density at radius 2 is 2.00 bits per heavy atom. The summed E-state index contributed by atoms with van der Waals surface area (Å²) in [4.78, 5) is 15.5. The van der Waals surface area contributed by atoms with Gasteiger partial charge in [-0.25, -0.2) is 4.79 Å². The molecule has 0 aromatic carbocycles. The smallest absolute Gasteiger partial charge is 0.317 e. The zero-order valence-electron chi connectivity index (χ0n) is 11.9. The number of rotatable bonds is 3. The van der Waals surface area contributed by atoms with Crippen molar-refractivity contribution in [1.29, 1.82) is 0 Å². The summed E-state index contributed by atoms with van der Waals surface area (Å²) in [5.41, 5.74) is 0.00960. The minimum atomic E-state index is 0.00960. The molecule has 1 N–H and O–H groups in total. The zero-order valence-corrected chi connectivity index (χ0v) is 12.8. The van der Waals surface area contributed by atoms with Crippen molar-refractivity contribution in [2.24, 2.45) is 0 Å². The molecule has 0 saturated carbocycles. The number of nitrogens with zero attached hydrogens (tertiary/aromatic N) is 1. The molecule has 0 bridgehead atoms. The van der Waals surface area contributed by atoms with E-state index >= 15 is 0 Å². The molecule has 0 aliphatic carbocycles. The van der Waals surface area contributed by atoms with E-state index in [1.54, 1.807) is 11.3 Å². The topological polar surface area (TPSA) is 32.3 Å². The first-order valence-electron chi connectivity index (χ1n) is 7.16. The molecule has 1 aliphatic rings. The number of likely N-dealkylation sites (tertiary alicyclic amines) is 1. The molecule has 0 radical (unpaired) electrons. The van der Waals surface area contributed by atoms with Crippen molar-refractivity contribution >= 4 is 17.4 Å². The van der Waals surface area contributed by atoms with Gasteiger partial charge in [0, 0.05) is 29.9 Å². The zero-order chi connectivity index (χ0) is 13.7. The maximum Gasteiger partial charge on any atom is 0.317 e. The van der Waals surface area contributed by atoms with Crippen LogP contribution in [0.25, 0.3) is 0 Å². The second kappa shape index (κ2) is 6.42. The fraction of sp³-hybridized carbons (Fsp3) is 0.667. The van der Waals surface area contributed by atoms with Crippen molar-refractivity contribution in [2.45, 2.75) is 44.9 Å². The Hall–Kier alpha value is -1.03. The van der Waals surface area contributed by atoms with Gasteiger partial charge in [-0.1, -0.05) is 32.8 Å². The van der Waals surface area contributed by atoms with Crippen LogP contribution in [-0.4, -0.2) is 30.6 Å². The third-order valence-electron chi connectivity index (χ3n) is 3.76. The molecule has 4 heteroatoms. The minimum absolute atomic E-state index is 0.00960. The Morgan fingerprint density at radius 3 is 2.58 bits per heavy atom. The van der Waals surface area contributed by atoms with Gasteiger partial charge in [0.05, 0.1) is 0 Å². The van der Waals surface area contributed by atoms with E-state index in [0.29, 0.717) is 6.54 Å². The highest BCUT2D eigenvalue weighted by molar-refractivity contribution is 7.10. The molecule has 2 heterocycles. The summed E-state index contributed by atoms with van der Waals surface area (Å²) in [6.45, 7) is 6.88. The van der Waals surface area contributed by atoms with Crippen LogP contribution in [0.3, 0.4) is 0 Å². The average Bonchev–Trinajstić information content (AvgIpc) is 2.80. The Balaban J connectivity index is 1.85. The van der Waals surface area contributed by atoms with Crippen molar-refractivity contribution in [3.63, 3.8) is 0 Å². The summed E-state index contributed by atoms with van der Waals surface area (Å²) in [7, 11) is 0. The number of amides is 2. The van der Waals surface area contributed by atoms with E-state index in [1.807, 2.05) is 4.90 Å². The number of hydrogen-bond donors (Lipinski definition) is 1. The molecule has 0 unspecified atom stereocenters. The van der Waals surface area contributed by atoms with Gasteiger partial charge in [0.1, 0.15) is 0 Å². The lowest BCUT2D eigenvalue weighted by Gasteiger charge is -2.27. The Morgan fingerprint density at radius 1 is 1.32 bits per heavy atom. The SMILES string of the molecule is CC(C)(CNC(=O)N1CCCCCC1)c1cccs1. The maximum atomic E-state index is 12.2. The Bertz CT molecular complexity index is 392. The van der Waals surface area contributed by atoms with Crippen molar-refractivity contribution in [1.82, 2.24) is 10.2 Å². The van der Waals surface area contributed by atoms with Crippen molar-refractivity contribution in [2.75, 3.05) is 19.6 Å². The molecule has 1 aromatic rings. The average molecular weight is 280 g/mol. The summed E-state index contributed by atoms with van der Waals surface area (Å²) in [5, 5.41) is 5.19. The molecule has 0 spiro atoms. The van der Waals surface area contributed by atoms with Gasteiger partial charge in [0.2, 0.25) is 0 Å². The normalized spacial score (nSPS) is 17.1. The van der Waals surface area contributed by atoms with Gasteiger partial charge >= 0.3 is 6.03 Å². The van der Waals surface area contributed by atoms with E-state index in [0.717, 1.165) is 25.9 Å². The molecule has 1 saturated heterocycles. The molecular weight excluding hydrogens is 256 g/mol. The van der Waals surface area contributed by atoms with Crippen molar-refractivity contribution in [3.05, 3.63) is 22.4 Å².